The van der Waals surface area contributed by atoms with E-state index in [0.717, 1.165) is 5.56 Å². The van der Waals surface area contributed by atoms with E-state index < -0.39 is 5.91 Å². The van der Waals surface area contributed by atoms with Gasteiger partial charge in [0.1, 0.15) is 5.15 Å². The number of benzene rings is 2. The second kappa shape index (κ2) is 9.65. The Kier molecular flexibility index (Phi) is 6.97. The summed E-state index contributed by atoms with van der Waals surface area (Å²) in [5.41, 5.74) is 5.18. The molecule has 0 saturated carbocycles. The molecule has 0 fully saturated rings. The molecule has 0 saturated heterocycles. The van der Waals surface area contributed by atoms with Crippen LogP contribution in [0.25, 0.3) is 0 Å². The van der Waals surface area contributed by atoms with Crippen LogP contribution in [0.3, 0.4) is 0 Å². The lowest BCUT2D eigenvalue weighted by Crippen LogP contribution is -2.17. The number of hydrogen-bond donors (Lipinski definition) is 1. The summed E-state index contributed by atoms with van der Waals surface area (Å²) in [7, 11) is 3.03. The van der Waals surface area contributed by atoms with E-state index in [-0.39, 0.29) is 0 Å². The fraction of sp³-hybridized carbons (Fsp3) is 0.190. The van der Waals surface area contributed by atoms with E-state index >= 15 is 0 Å². The van der Waals surface area contributed by atoms with Crippen molar-refractivity contribution in [1.29, 1.82) is 0 Å². The van der Waals surface area contributed by atoms with Gasteiger partial charge >= 0.3 is 0 Å². The number of aromatic nitrogens is 2. The summed E-state index contributed by atoms with van der Waals surface area (Å²) < 4.78 is 12.0. The largest absolute Gasteiger partial charge is 0.493 e. The number of nitrogens with one attached hydrogen (secondary N) is 1. The first-order chi connectivity index (χ1) is 14.4. The Morgan fingerprint density at radius 3 is 2.50 bits per heavy atom. The Bertz CT molecular complexity index is 1080. The third-order valence-electron chi connectivity index (χ3n) is 4.36. The number of carbonyl (C=O) groups is 1. The first-order valence-electron chi connectivity index (χ1n) is 8.95. The fourth-order valence-electron chi connectivity index (χ4n) is 2.78. The molecule has 9 heteroatoms. The van der Waals surface area contributed by atoms with Gasteiger partial charge < -0.3 is 9.47 Å². The zero-order valence-electron chi connectivity index (χ0n) is 16.6. The first kappa shape index (κ1) is 21.7. The SMILES string of the molecule is COc1ccc(C(=O)NN=Cc2c(C)nn(Cc3ccc(Cl)cc3)c2Cl)cc1OC. The minimum Gasteiger partial charge on any atom is -0.493 e. The van der Waals surface area contributed by atoms with E-state index in [4.69, 9.17) is 32.7 Å². The number of hydrogen-bond acceptors (Lipinski definition) is 5. The molecule has 0 spiro atoms. The predicted octanol–water partition coefficient (Wildman–Crippen LogP) is 4.33. The second-order valence-electron chi connectivity index (χ2n) is 6.34. The first-order valence-corrected chi connectivity index (χ1v) is 9.71. The Morgan fingerprint density at radius 1 is 1.13 bits per heavy atom. The zero-order chi connectivity index (χ0) is 21.7. The van der Waals surface area contributed by atoms with Crippen molar-refractivity contribution in [2.24, 2.45) is 5.10 Å². The quantitative estimate of drug-likeness (QED) is 0.432. The topological polar surface area (TPSA) is 77.7 Å². The van der Waals surface area contributed by atoms with E-state index in [1.807, 2.05) is 31.2 Å². The van der Waals surface area contributed by atoms with Gasteiger partial charge in [0.15, 0.2) is 11.5 Å². The van der Waals surface area contributed by atoms with Gasteiger partial charge in [-0.2, -0.15) is 10.2 Å². The highest BCUT2D eigenvalue weighted by atomic mass is 35.5. The molecule has 3 aromatic rings. The predicted molar refractivity (Wildman–Crippen MR) is 117 cm³/mol. The summed E-state index contributed by atoms with van der Waals surface area (Å²) in [6, 6.07) is 12.3. The average Bonchev–Trinajstić information content (AvgIpc) is 3.02. The Morgan fingerprint density at radius 2 is 1.83 bits per heavy atom. The van der Waals surface area contributed by atoms with Gasteiger partial charge in [-0.05, 0) is 42.8 Å². The van der Waals surface area contributed by atoms with Crippen LogP contribution >= 0.6 is 23.2 Å². The molecule has 0 atom stereocenters. The Labute approximate surface area is 184 Å². The average molecular weight is 447 g/mol. The molecule has 0 bridgehead atoms. The third kappa shape index (κ3) is 4.93. The number of rotatable bonds is 7. The van der Waals surface area contributed by atoms with Crippen molar-refractivity contribution >= 4 is 35.3 Å². The molecule has 0 radical (unpaired) electrons. The number of hydrazone groups is 1. The summed E-state index contributed by atoms with van der Waals surface area (Å²) >= 11 is 12.4. The number of aryl methyl sites for hydroxylation is 1. The number of carbonyl (C=O) groups excluding carboxylic acids is 1. The molecule has 30 heavy (non-hydrogen) atoms. The van der Waals surface area contributed by atoms with Crippen LogP contribution in [-0.2, 0) is 6.54 Å². The van der Waals surface area contributed by atoms with Crippen LogP contribution in [0.1, 0.15) is 27.2 Å². The van der Waals surface area contributed by atoms with Gasteiger partial charge in [0.05, 0.1) is 38.2 Å². The highest BCUT2D eigenvalue weighted by molar-refractivity contribution is 6.32. The van der Waals surface area contributed by atoms with Crippen LogP contribution < -0.4 is 14.9 Å². The van der Waals surface area contributed by atoms with E-state index in [2.05, 4.69) is 15.6 Å². The number of ether oxygens (including phenoxy) is 2. The number of halogens is 2. The maximum Gasteiger partial charge on any atom is 0.271 e. The lowest BCUT2D eigenvalue weighted by molar-refractivity contribution is 0.0954. The summed E-state index contributed by atoms with van der Waals surface area (Å²) in [6.45, 7) is 2.31. The summed E-state index contributed by atoms with van der Waals surface area (Å²) in [4.78, 5) is 12.4. The third-order valence-corrected chi connectivity index (χ3v) is 5.01. The summed E-state index contributed by atoms with van der Waals surface area (Å²) in [5.74, 6) is 0.596. The van der Waals surface area contributed by atoms with Gasteiger partial charge in [0, 0.05) is 10.6 Å². The van der Waals surface area contributed by atoms with Crippen molar-refractivity contribution < 1.29 is 14.3 Å². The summed E-state index contributed by atoms with van der Waals surface area (Å²) in [6.07, 6.45) is 1.47. The van der Waals surface area contributed by atoms with Crippen molar-refractivity contribution in [3.05, 3.63) is 75.0 Å². The maximum absolute atomic E-state index is 12.4. The monoisotopic (exact) mass is 446 g/mol. The molecule has 3 rings (SSSR count). The minimum atomic E-state index is -0.394. The van der Waals surface area contributed by atoms with Gasteiger partial charge in [-0.1, -0.05) is 35.3 Å². The molecular formula is C21H20Cl2N4O3. The van der Waals surface area contributed by atoms with Gasteiger partial charge in [0.2, 0.25) is 0 Å². The van der Waals surface area contributed by atoms with Crippen molar-refractivity contribution in [3.8, 4) is 11.5 Å². The van der Waals surface area contributed by atoms with Crippen molar-refractivity contribution in [3.63, 3.8) is 0 Å². The lowest BCUT2D eigenvalue weighted by atomic mass is 10.2. The fourth-order valence-corrected chi connectivity index (χ4v) is 3.19. The normalized spacial score (nSPS) is 11.0. The van der Waals surface area contributed by atoms with Crippen molar-refractivity contribution in [2.45, 2.75) is 13.5 Å². The van der Waals surface area contributed by atoms with Crippen molar-refractivity contribution in [2.75, 3.05) is 14.2 Å². The van der Waals surface area contributed by atoms with E-state index in [1.54, 1.807) is 22.9 Å². The minimum absolute atomic E-state index is 0.381. The van der Waals surface area contributed by atoms with Crippen LogP contribution in [0.5, 0.6) is 11.5 Å². The molecule has 0 aliphatic carbocycles. The lowest BCUT2D eigenvalue weighted by Gasteiger charge is -2.08. The molecule has 7 nitrogen and oxygen atoms in total. The van der Waals surface area contributed by atoms with E-state index in [0.29, 0.717) is 45.0 Å². The van der Waals surface area contributed by atoms with E-state index in [1.165, 1.54) is 20.4 Å². The smallest absolute Gasteiger partial charge is 0.271 e. The molecule has 1 aromatic heterocycles. The van der Waals surface area contributed by atoms with Gasteiger partial charge in [0.25, 0.3) is 5.91 Å². The molecule has 156 valence electrons. The molecule has 0 aliphatic heterocycles. The highest BCUT2D eigenvalue weighted by Crippen LogP contribution is 2.27. The number of amides is 1. The maximum atomic E-state index is 12.4. The molecular weight excluding hydrogens is 427 g/mol. The van der Waals surface area contributed by atoms with Gasteiger partial charge in [-0.3, -0.25) is 4.79 Å². The van der Waals surface area contributed by atoms with Gasteiger partial charge in [-0.15, -0.1) is 0 Å². The van der Waals surface area contributed by atoms with Crippen molar-refractivity contribution in [1.82, 2.24) is 15.2 Å². The van der Waals surface area contributed by atoms with Crippen LogP contribution in [-0.4, -0.2) is 36.1 Å². The molecule has 2 aromatic carbocycles. The van der Waals surface area contributed by atoms with Crippen LogP contribution in [0.15, 0.2) is 47.6 Å². The molecule has 0 aliphatic rings. The highest BCUT2D eigenvalue weighted by Gasteiger charge is 2.13. The van der Waals surface area contributed by atoms with E-state index in [9.17, 15) is 4.79 Å². The molecule has 1 amide bonds. The Hall–Kier alpha value is -3.03. The number of nitrogens with zero attached hydrogens (tertiary/aromatic N) is 3. The molecule has 0 unspecified atom stereocenters. The van der Waals surface area contributed by atoms with Crippen LogP contribution in [0.4, 0.5) is 0 Å². The second-order valence-corrected chi connectivity index (χ2v) is 7.14. The molecule has 1 heterocycles. The standard InChI is InChI=1S/C21H20Cl2N4O3/c1-13-17(20(23)27(26-13)12-14-4-7-16(22)8-5-14)11-24-25-21(28)15-6-9-18(29-2)19(10-15)30-3/h4-11H,12H2,1-3H3,(H,25,28). The summed E-state index contributed by atoms with van der Waals surface area (Å²) in [5, 5.41) is 9.55. The zero-order valence-corrected chi connectivity index (χ0v) is 18.2. The Balaban J connectivity index is 1.71. The number of methoxy groups -OCH3 is 2. The van der Waals surface area contributed by atoms with Crippen LogP contribution in [0, 0.1) is 6.92 Å². The van der Waals surface area contributed by atoms with Crippen LogP contribution in [0.2, 0.25) is 10.2 Å². The van der Waals surface area contributed by atoms with Gasteiger partial charge in [-0.25, -0.2) is 10.1 Å². The molecule has 1 N–H and O–H groups in total.